The van der Waals surface area contributed by atoms with Crippen molar-refractivity contribution in [1.82, 2.24) is 15.2 Å². The van der Waals surface area contributed by atoms with Gasteiger partial charge >= 0.3 is 103 Å². The number of nitrogens with zero attached hydrogens (tertiary/aromatic N) is 5. The van der Waals surface area contributed by atoms with Crippen LogP contribution in [0.1, 0.15) is 5.56 Å². The first-order valence-corrected chi connectivity index (χ1v) is 14.5. The van der Waals surface area contributed by atoms with Crippen molar-refractivity contribution in [2.24, 2.45) is 15.0 Å². The van der Waals surface area contributed by atoms with Crippen molar-refractivity contribution < 1.29 is 144 Å². The van der Waals surface area contributed by atoms with E-state index >= 15 is 0 Å². The number of aromatic nitrogens is 2. The number of H-pyrrole nitrogens is 1. The van der Waals surface area contributed by atoms with Gasteiger partial charge in [-0.2, -0.15) is 16.8 Å². The van der Waals surface area contributed by atoms with Crippen LogP contribution in [0.15, 0.2) is 83.7 Å². The number of aromatic amines is 1. The van der Waals surface area contributed by atoms with Gasteiger partial charge in [0.15, 0.2) is 5.84 Å². The Hall–Kier alpha value is -2.04. The smallest absolute Gasteiger partial charge is 0.846 e. The van der Waals surface area contributed by atoms with Gasteiger partial charge in [0.1, 0.15) is 5.82 Å². The zero-order chi connectivity index (χ0) is 31.7. The van der Waals surface area contributed by atoms with Crippen molar-refractivity contribution in [2.45, 2.75) is 9.79 Å². The molecule has 1 amide bonds. The molecule has 0 spiro atoms. The van der Waals surface area contributed by atoms with Crippen molar-refractivity contribution in [3.05, 3.63) is 70.0 Å². The summed E-state index contributed by atoms with van der Waals surface area (Å²) in [6.45, 7) is 0. The zero-order valence-electron chi connectivity index (χ0n) is 23.9. The number of amides is 1. The Labute approximate surface area is 340 Å². The second-order valence-corrected chi connectivity index (χ2v) is 11.3. The number of hydrogen-bond acceptors (Lipinski definition) is 10. The number of anilines is 2. The summed E-state index contributed by atoms with van der Waals surface area (Å²) in [6.07, 6.45) is 1.01. The predicted octanol–water partition coefficient (Wildman–Crippen LogP) is -7.90. The number of nitrogens with one attached hydrogen (secondary N) is 3. The number of hydrogen-bond donors (Lipinski definition) is 5. The van der Waals surface area contributed by atoms with E-state index in [1.54, 1.807) is 0 Å². The predicted molar refractivity (Wildman–Crippen MR) is 149 cm³/mol. The number of carbonyl (C=O) groups excluding carboxylic acids is 1. The fourth-order valence-electron chi connectivity index (χ4n) is 3.68. The molecule has 2 aromatic carbocycles. The van der Waals surface area contributed by atoms with Crippen molar-refractivity contribution in [3.63, 3.8) is 0 Å². The van der Waals surface area contributed by atoms with Crippen LogP contribution in [0.5, 0.6) is 0 Å². The molecule has 3 aromatic rings. The van der Waals surface area contributed by atoms with Crippen LogP contribution in [-0.2, 0) is 25.0 Å². The molecule has 0 bridgehead atoms. The molecule has 18 nitrogen and oxygen atoms in total. The van der Waals surface area contributed by atoms with Gasteiger partial charge in [-0.1, -0.05) is 0 Å². The third-order valence-corrected chi connectivity index (χ3v) is 7.48. The number of amidine groups is 3. The average Bonchev–Trinajstić information content (AvgIpc) is 3.43. The van der Waals surface area contributed by atoms with E-state index in [0.29, 0.717) is 0 Å². The van der Waals surface area contributed by atoms with Crippen molar-refractivity contribution in [1.29, 1.82) is 0 Å². The third-order valence-electron chi connectivity index (χ3n) is 5.74. The molecule has 0 unspecified atom stereocenters. The van der Waals surface area contributed by atoms with E-state index in [2.05, 4.69) is 30.8 Å². The van der Waals surface area contributed by atoms with Crippen LogP contribution in [-0.4, -0.2) is 73.6 Å². The average molecular weight is 711 g/mol. The number of rotatable bonds is 6. The fraction of sp³-hybridized carbons (Fsp3) is 0.0870. The van der Waals surface area contributed by atoms with Crippen LogP contribution in [0.2, 0.25) is 0 Å². The molecule has 1 aromatic heterocycles. The molecule has 0 atom stereocenters. The molecule has 1 aliphatic rings. The number of carbonyl (C=O) groups is 1. The molecule has 22 heteroatoms. The molecule has 0 saturated carbocycles. The topological polar surface area (TPSA) is 274 Å². The standard InChI is InChI=1S/C23H22N8O10S2.2K/c1-24-22(34)26-18-16(20(32)30(28-18)12-3-7-14(8-4-12)42(36,37)38)11-17-19(27-23(35)25-2)29-31(21(17)33)13-5-9-15(10-6-13)43(39,40)41;;/h3-11,28H,1-2H3,(H2,24,26,34)(H,36,37,38)(H,39,40,41)(H2,25,27,29,35);;/q;2*+1/p-2/b17-11-;;. The van der Waals surface area contributed by atoms with Crippen LogP contribution < -0.4 is 134 Å². The van der Waals surface area contributed by atoms with Crippen LogP contribution in [0.4, 0.5) is 11.5 Å². The molecule has 226 valence electrons. The first-order valence-electron chi connectivity index (χ1n) is 11.6. The molecule has 2 heterocycles. The zero-order valence-corrected chi connectivity index (χ0v) is 31.8. The van der Waals surface area contributed by atoms with Gasteiger partial charge in [0.05, 0.1) is 44.3 Å². The van der Waals surface area contributed by atoms with E-state index in [9.17, 15) is 45.7 Å². The number of aliphatic imine (C=N–C) groups is 3. The Morgan fingerprint density at radius 2 is 1.38 bits per heavy atom. The van der Waals surface area contributed by atoms with Gasteiger partial charge in [0, 0.05) is 14.1 Å². The molecular formula is C23H20K2N8O10S2. The summed E-state index contributed by atoms with van der Waals surface area (Å²) in [5.74, 6) is -1.48. The number of benzene rings is 2. The molecule has 45 heavy (non-hydrogen) atoms. The maximum Gasteiger partial charge on any atom is 1.00 e. The Morgan fingerprint density at radius 1 is 0.867 bits per heavy atom. The van der Waals surface area contributed by atoms with Crippen LogP contribution in [0, 0.1) is 0 Å². The largest absolute Gasteiger partial charge is 1.00 e. The fourth-order valence-corrected chi connectivity index (χ4v) is 4.64. The van der Waals surface area contributed by atoms with Gasteiger partial charge in [-0.25, -0.2) is 14.7 Å². The molecule has 1 fully saturated rings. The molecule has 1 aliphatic heterocycles. The van der Waals surface area contributed by atoms with Gasteiger partial charge in [-0.15, -0.1) is 0 Å². The van der Waals surface area contributed by atoms with E-state index < -0.39 is 53.5 Å². The van der Waals surface area contributed by atoms with Crippen LogP contribution in [0.25, 0.3) is 11.8 Å². The van der Waals surface area contributed by atoms with Gasteiger partial charge in [-0.05, 0) is 54.6 Å². The second-order valence-electron chi connectivity index (χ2n) is 8.41. The minimum absolute atomic E-state index is 0. The summed E-state index contributed by atoms with van der Waals surface area (Å²) in [6, 6.07) is 6.91. The van der Waals surface area contributed by atoms with Gasteiger partial charge in [-0.3, -0.25) is 39.2 Å². The van der Waals surface area contributed by atoms with E-state index in [4.69, 9.17) is 0 Å². The monoisotopic (exact) mass is 710 g/mol. The summed E-state index contributed by atoms with van der Waals surface area (Å²) in [4.78, 5) is 36.6. The third kappa shape index (κ3) is 9.07. The van der Waals surface area contributed by atoms with E-state index in [1.165, 1.54) is 31.3 Å². The van der Waals surface area contributed by atoms with E-state index in [0.717, 1.165) is 47.1 Å². The van der Waals surface area contributed by atoms with Crippen molar-refractivity contribution in [3.8, 4) is 5.69 Å². The van der Waals surface area contributed by atoms with Crippen molar-refractivity contribution in [2.75, 3.05) is 24.4 Å². The molecular weight excluding hydrogens is 691 g/mol. The molecule has 0 aliphatic carbocycles. The summed E-state index contributed by atoms with van der Waals surface area (Å²) in [5.41, 5.74) is 1.16. The first-order chi connectivity index (χ1) is 20.1. The normalized spacial score (nSPS) is 15.9. The Bertz CT molecular complexity index is 2000. The minimum Gasteiger partial charge on any atom is -0.846 e. The summed E-state index contributed by atoms with van der Waals surface area (Å²) in [7, 11) is -6.73. The Kier molecular flexibility index (Phi) is 13.7. The van der Waals surface area contributed by atoms with E-state index in [-0.39, 0.29) is 137 Å². The Balaban J connectivity index is 0.00000353. The maximum atomic E-state index is 13.5. The molecule has 5 N–H and O–H groups in total. The van der Waals surface area contributed by atoms with Crippen LogP contribution >= 0.6 is 0 Å². The first kappa shape index (κ1) is 39.1. The maximum absolute atomic E-state index is 13.5. The quantitative estimate of drug-likeness (QED) is 0.0525. The van der Waals surface area contributed by atoms with Crippen molar-refractivity contribution >= 4 is 61.6 Å². The minimum atomic E-state index is -4.53. The summed E-state index contributed by atoms with van der Waals surface area (Å²) < 4.78 is 64.9. The van der Waals surface area contributed by atoms with E-state index in [1.807, 2.05) is 0 Å². The molecule has 1 saturated heterocycles. The molecule has 4 rings (SSSR count). The van der Waals surface area contributed by atoms with Crippen LogP contribution in [0.3, 0.4) is 0 Å². The number of hydrazine groups is 1. The van der Waals surface area contributed by atoms with Gasteiger partial charge in [0.25, 0.3) is 31.7 Å². The summed E-state index contributed by atoms with van der Waals surface area (Å²) >= 11 is 0. The SMILES string of the molecule is CN=C([O-])N=C1NN(c2ccc(S(=O)(=O)O)cc2)C(=O)/C1=C\c1c(NC([O-])=NC)[nH]n(-c2ccc(S(=O)(=O)O)cc2)c1=O.[K+].[K+]. The second kappa shape index (κ2) is 15.7. The van der Waals surface area contributed by atoms with Gasteiger partial charge in [0.2, 0.25) is 0 Å². The van der Waals surface area contributed by atoms with Gasteiger partial charge < -0.3 is 15.5 Å². The summed E-state index contributed by atoms with van der Waals surface area (Å²) in [5, 5.41) is 29.9. The Morgan fingerprint density at radius 3 is 1.84 bits per heavy atom. The molecule has 0 radical (unpaired) electrons.